The molecule has 2 aromatic rings. The number of carbonyl (C=O) groups excluding carboxylic acids is 2. The van der Waals surface area contributed by atoms with Crippen LogP contribution in [0, 0.1) is 11.1 Å². The van der Waals surface area contributed by atoms with Crippen molar-refractivity contribution in [1.29, 1.82) is 0 Å². The normalized spacial score (nSPS) is 23.2. The predicted octanol–water partition coefficient (Wildman–Crippen LogP) is 0.125. The number of carbonyl (C=O) groups is 2. The predicted molar refractivity (Wildman–Crippen MR) is 97.5 cm³/mol. The lowest BCUT2D eigenvalue weighted by molar-refractivity contribution is -0.605. The minimum atomic E-state index is -0.979. The largest absolute Gasteiger partial charge is 0.619 e. The van der Waals surface area contributed by atoms with Crippen molar-refractivity contribution in [3.05, 3.63) is 52.9 Å². The molecular weight excluding hydrogens is 360 g/mol. The van der Waals surface area contributed by atoms with Crippen LogP contribution in [-0.4, -0.2) is 39.2 Å². The molecular formula is C19H20N6O3. The molecule has 0 unspecified atom stereocenters. The smallest absolute Gasteiger partial charge is 0.272 e. The lowest BCUT2D eigenvalue weighted by atomic mass is 9.94. The number of hydrogen-bond donors (Lipinski definition) is 2. The Morgan fingerprint density at radius 3 is 2.86 bits per heavy atom. The van der Waals surface area contributed by atoms with Gasteiger partial charge in [-0.2, -0.15) is 9.83 Å². The minimum Gasteiger partial charge on any atom is -0.619 e. The summed E-state index contributed by atoms with van der Waals surface area (Å²) >= 11 is 0. The number of rotatable bonds is 4. The molecule has 2 atom stereocenters. The molecule has 0 aromatic carbocycles. The fraction of sp³-hybridized carbons (Fsp3) is 0.421. The first kappa shape index (κ1) is 16.9. The molecule has 0 radical (unpaired) electrons. The Morgan fingerprint density at radius 2 is 2.14 bits per heavy atom. The molecule has 1 saturated carbocycles. The van der Waals surface area contributed by atoms with E-state index in [-0.39, 0.29) is 11.8 Å². The zero-order chi connectivity index (χ0) is 19.5. The molecule has 1 fully saturated rings. The topological polar surface area (TPSA) is 116 Å². The van der Waals surface area contributed by atoms with Crippen molar-refractivity contribution in [1.82, 2.24) is 25.4 Å². The Labute approximate surface area is 161 Å². The summed E-state index contributed by atoms with van der Waals surface area (Å²) in [4.78, 5) is 29.8. The van der Waals surface area contributed by atoms with Crippen LogP contribution in [-0.2, 0) is 11.2 Å². The highest BCUT2D eigenvalue weighted by Gasteiger charge is 2.51. The molecule has 3 aliphatic carbocycles. The van der Waals surface area contributed by atoms with E-state index >= 15 is 0 Å². The molecule has 9 heteroatoms. The average molecular weight is 380 g/mol. The van der Waals surface area contributed by atoms with Gasteiger partial charge in [-0.25, -0.2) is 9.67 Å². The molecule has 9 nitrogen and oxygen atoms in total. The van der Waals surface area contributed by atoms with Crippen molar-refractivity contribution in [2.24, 2.45) is 5.92 Å². The van der Waals surface area contributed by atoms with Crippen molar-refractivity contribution in [3.63, 3.8) is 0 Å². The van der Waals surface area contributed by atoms with E-state index in [1.54, 1.807) is 11.7 Å². The summed E-state index contributed by atoms with van der Waals surface area (Å²) in [6.45, 7) is 0. The molecule has 2 aromatic heterocycles. The van der Waals surface area contributed by atoms with E-state index < -0.39 is 5.54 Å². The van der Waals surface area contributed by atoms with Crippen LogP contribution in [0.1, 0.15) is 46.9 Å². The van der Waals surface area contributed by atoms with E-state index in [1.165, 1.54) is 18.6 Å². The molecule has 0 spiro atoms. The first-order valence-corrected chi connectivity index (χ1v) is 9.39. The van der Waals surface area contributed by atoms with Gasteiger partial charge >= 0.3 is 0 Å². The van der Waals surface area contributed by atoms with Crippen LogP contribution in [0.25, 0.3) is 5.82 Å². The molecule has 28 heavy (non-hydrogen) atoms. The van der Waals surface area contributed by atoms with E-state index in [2.05, 4.69) is 20.7 Å². The van der Waals surface area contributed by atoms with Crippen molar-refractivity contribution >= 4 is 11.8 Å². The van der Waals surface area contributed by atoms with Gasteiger partial charge in [0, 0.05) is 18.5 Å². The van der Waals surface area contributed by atoms with Gasteiger partial charge in [0.15, 0.2) is 11.9 Å². The molecule has 144 valence electrons. The van der Waals surface area contributed by atoms with Crippen LogP contribution >= 0.6 is 0 Å². The summed E-state index contributed by atoms with van der Waals surface area (Å²) in [6.07, 6.45) is 10.6. The monoisotopic (exact) mass is 380 g/mol. The van der Waals surface area contributed by atoms with Gasteiger partial charge in [0.2, 0.25) is 17.9 Å². The highest BCUT2D eigenvalue weighted by molar-refractivity contribution is 5.99. The summed E-state index contributed by atoms with van der Waals surface area (Å²) < 4.78 is 2.29. The molecule has 0 aliphatic heterocycles. The molecule has 0 bridgehead atoms. The SMILES string of the molecule is CNC(=O)C1(NC(=O)c2nn(-c3c[n+]([O-])ccn3)c3c2C[C@H]2C[C@@H]32)CC=CC1. The van der Waals surface area contributed by atoms with Crippen molar-refractivity contribution in [2.45, 2.75) is 37.1 Å². The highest BCUT2D eigenvalue weighted by Crippen LogP contribution is 2.57. The Balaban J connectivity index is 1.53. The zero-order valence-electron chi connectivity index (χ0n) is 15.4. The summed E-state index contributed by atoms with van der Waals surface area (Å²) in [5, 5.41) is 21.8. The Morgan fingerprint density at radius 1 is 1.36 bits per heavy atom. The molecule has 5 rings (SSSR count). The average Bonchev–Trinajstić information content (AvgIpc) is 3.03. The maximum absolute atomic E-state index is 13.1. The van der Waals surface area contributed by atoms with E-state index in [0.717, 1.165) is 24.1 Å². The third-order valence-electron chi connectivity index (χ3n) is 5.97. The van der Waals surface area contributed by atoms with E-state index in [0.29, 0.717) is 40.9 Å². The summed E-state index contributed by atoms with van der Waals surface area (Å²) in [6, 6.07) is 0. The third kappa shape index (κ3) is 2.42. The molecule has 2 heterocycles. The van der Waals surface area contributed by atoms with Crippen molar-refractivity contribution in [2.75, 3.05) is 7.05 Å². The molecule has 2 N–H and O–H groups in total. The lowest BCUT2D eigenvalue weighted by Crippen LogP contribution is -2.56. The Hall–Kier alpha value is -3.23. The number of likely N-dealkylation sites (N-methyl/N-ethyl adjacent to an activating group) is 1. The van der Waals surface area contributed by atoms with Gasteiger partial charge in [-0.05, 0) is 31.6 Å². The Kier molecular flexibility index (Phi) is 3.55. The van der Waals surface area contributed by atoms with E-state index in [9.17, 15) is 14.8 Å². The van der Waals surface area contributed by atoms with E-state index in [1.807, 2.05) is 12.2 Å². The number of amides is 2. The quantitative estimate of drug-likeness (QED) is 0.444. The second-order valence-electron chi connectivity index (χ2n) is 7.70. The van der Waals surface area contributed by atoms with Gasteiger partial charge < -0.3 is 15.8 Å². The van der Waals surface area contributed by atoms with Crippen LogP contribution in [0.5, 0.6) is 0 Å². The number of nitrogens with one attached hydrogen (secondary N) is 2. The molecule has 2 amide bonds. The minimum absolute atomic E-state index is 0.220. The van der Waals surface area contributed by atoms with Crippen LogP contribution in [0.3, 0.4) is 0 Å². The second kappa shape index (κ2) is 5.88. The first-order valence-electron chi connectivity index (χ1n) is 9.39. The third-order valence-corrected chi connectivity index (χ3v) is 5.97. The van der Waals surface area contributed by atoms with Gasteiger partial charge in [0.25, 0.3) is 5.91 Å². The van der Waals surface area contributed by atoms with Crippen molar-refractivity contribution < 1.29 is 14.3 Å². The standard InChI is InChI=1S/C19H20N6O3/c1-20-18(27)19(4-2-3-5-19)22-17(26)15-13-9-11-8-12(11)16(13)25(23-15)14-10-24(28)7-6-21-14/h2-3,6-7,10-12H,4-5,8-9H2,1H3,(H,20,27)(H,22,26)/t11-,12-/m1/s1. The van der Waals surface area contributed by atoms with E-state index in [4.69, 9.17) is 0 Å². The fourth-order valence-corrected chi connectivity index (χ4v) is 4.46. The first-order chi connectivity index (χ1) is 13.5. The zero-order valence-corrected chi connectivity index (χ0v) is 15.4. The Bertz CT molecular complexity index is 1020. The van der Waals surface area contributed by atoms with Gasteiger partial charge in [0.1, 0.15) is 5.54 Å². The van der Waals surface area contributed by atoms with Crippen LogP contribution < -0.4 is 15.4 Å². The summed E-state index contributed by atoms with van der Waals surface area (Å²) in [5.41, 5.74) is 1.21. The van der Waals surface area contributed by atoms with Gasteiger partial charge in [0.05, 0.1) is 11.9 Å². The molecule has 0 saturated heterocycles. The summed E-state index contributed by atoms with van der Waals surface area (Å²) in [7, 11) is 1.56. The van der Waals surface area contributed by atoms with Crippen molar-refractivity contribution in [3.8, 4) is 5.82 Å². The van der Waals surface area contributed by atoms with Crippen LogP contribution in [0.15, 0.2) is 30.7 Å². The number of hydrogen-bond acceptors (Lipinski definition) is 5. The molecule has 3 aliphatic rings. The number of aromatic nitrogens is 4. The number of nitrogens with zero attached hydrogens (tertiary/aromatic N) is 4. The van der Waals surface area contributed by atoms with Crippen LogP contribution in [0.4, 0.5) is 0 Å². The van der Waals surface area contributed by atoms with Gasteiger partial charge in [-0.1, -0.05) is 12.2 Å². The van der Waals surface area contributed by atoms with Crippen LogP contribution in [0.2, 0.25) is 0 Å². The highest BCUT2D eigenvalue weighted by atomic mass is 16.5. The number of fused-ring (bicyclic) bond motifs is 3. The van der Waals surface area contributed by atoms with Gasteiger partial charge in [-0.3, -0.25) is 9.59 Å². The second-order valence-corrected chi connectivity index (χ2v) is 7.70. The lowest BCUT2D eigenvalue weighted by Gasteiger charge is -2.28. The maximum Gasteiger partial charge on any atom is 0.272 e. The fourth-order valence-electron chi connectivity index (χ4n) is 4.46. The van der Waals surface area contributed by atoms with Gasteiger partial charge in [-0.15, -0.1) is 0 Å². The summed E-state index contributed by atoms with van der Waals surface area (Å²) in [5.74, 6) is 0.683. The maximum atomic E-state index is 13.1.